The van der Waals surface area contributed by atoms with E-state index in [-0.39, 0.29) is 0 Å². The molecule has 1 N–H and O–H groups in total. The SMILES string of the molecule is Cc1ccc(CNC(C)c2cccs2)nc1. The number of nitrogens with one attached hydrogen (secondary N) is 1. The third-order valence-electron chi connectivity index (χ3n) is 2.53. The summed E-state index contributed by atoms with van der Waals surface area (Å²) in [5.74, 6) is 0. The van der Waals surface area contributed by atoms with Gasteiger partial charge in [-0.1, -0.05) is 12.1 Å². The minimum absolute atomic E-state index is 0.392. The first kappa shape index (κ1) is 11.3. The smallest absolute Gasteiger partial charge is 0.0542 e. The minimum Gasteiger partial charge on any atom is -0.304 e. The summed E-state index contributed by atoms with van der Waals surface area (Å²) in [6.07, 6.45) is 1.91. The van der Waals surface area contributed by atoms with Crippen molar-refractivity contribution in [3.8, 4) is 0 Å². The Morgan fingerprint density at radius 3 is 2.88 bits per heavy atom. The molecular weight excluding hydrogens is 216 g/mol. The van der Waals surface area contributed by atoms with Crippen molar-refractivity contribution in [2.75, 3.05) is 0 Å². The summed E-state index contributed by atoms with van der Waals surface area (Å²) in [5.41, 5.74) is 2.30. The van der Waals surface area contributed by atoms with Crippen LogP contribution in [0.2, 0.25) is 0 Å². The van der Waals surface area contributed by atoms with Crippen LogP contribution < -0.4 is 5.32 Å². The van der Waals surface area contributed by atoms with Gasteiger partial charge in [0.1, 0.15) is 0 Å². The maximum Gasteiger partial charge on any atom is 0.0542 e. The van der Waals surface area contributed by atoms with Gasteiger partial charge in [0.15, 0.2) is 0 Å². The molecule has 0 aliphatic heterocycles. The maximum atomic E-state index is 4.37. The highest BCUT2D eigenvalue weighted by Crippen LogP contribution is 2.18. The summed E-state index contributed by atoms with van der Waals surface area (Å²) in [7, 11) is 0. The molecule has 0 aromatic carbocycles. The van der Waals surface area contributed by atoms with Gasteiger partial charge in [-0.05, 0) is 36.9 Å². The molecule has 0 bridgehead atoms. The van der Waals surface area contributed by atoms with Crippen LogP contribution in [0.25, 0.3) is 0 Å². The first-order valence-corrected chi connectivity index (χ1v) is 6.32. The Labute approximate surface area is 100 Å². The predicted octanol–water partition coefficient (Wildman–Crippen LogP) is 3.30. The van der Waals surface area contributed by atoms with Crippen molar-refractivity contribution in [1.82, 2.24) is 10.3 Å². The third-order valence-corrected chi connectivity index (χ3v) is 3.59. The molecule has 0 amide bonds. The highest BCUT2D eigenvalue weighted by Gasteiger charge is 2.05. The van der Waals surface area contributed by atoms with Crippen molar-refractivity contribution >= 4 is 11.3 Å². The van der Waals surface area contributed by atoms with E-state index in [1.54, 1.807) is 11.3 Å². The molecule has 3 heteroatoms. The molecule has 2 aromatic heterocycles. The van der Waals surface area contributed by atoms with Crippen LogP contribution >= 0.6 is 11.3 Å². The van der Waals surface area contributed by atoms with E-state index in [1.165, 1.54) is 10.4 Å². The molecule has 0 saturated heterocycles. The molecule has 0 aliphatic rings. The molecule has 0 aliphatic carbocycles. The molecule has 2 nitrogen and oxygen atoms in total. The van der Waals surface area contributed by atoms with Gasteiger partial charge in [-0.25, -0.2) is 0 Å². The number of aromatic nitrogens is 1. The van der Waals surface area contributed by atoms with E-state index >= 15 is 0 Å². The van der Waals surface area contributed by atoms with E-state index in [4.69, 9.17) is 0 Å². The van der Waals surface area contributed by atoms with Crippen LogP contribution in [0.1, 0.15) is 29.1 Å². The third kappa shape index (κ3) is 2.90. The second-order valence-corrected chi connectivity index (χ2v) is 4.92. The van der Waals surface area contributed by atoms with Gasteiger partial charge in [0.2, 0.25) is 0 Å². The van der Waals surface area contributed by atoms with Gasteiger partial charge in [-0.3, -0.25) is 4.98 Å². The molecular formula is C13H16N2S. The highest BCUT2D eigenvalue weighted by atomic mass is 32.1. The normalized spacial score (nSPS) is 12.6. The van der Waals surface area contributed by atoms with Gasteiger partial charge in [-0.15, -0.1) is 11.3 Å². The minimum atomic E-state index is 0.392. The molecule has 0 radical (unpaired) electrons. The van der Waals surface area contributed by atoms with Gasteiger partial charge >= 0.3 is 0 Å². The van der Waals surface area contributed by atoms with Gasteiger partial charge in [-0.2, -0.15) is 0 Å². The predicted molar refractivity (Wildman–Crippen MR) is 68.5 cm³/mol. The number of rotatable bonds is 4. The number of hydrogen-bond acceptors (Lipinski definition) is 3. The maximum absolute atomic E-state index is 4.37. The molecule has 0 fully saturated rings. The van der Waals surface area contributed by atoms with Crippen molar-refractivity contribution in [2.45, 2.75) is 26.4 Å². The van der Waals surface area contributed by atoms with Crippen LogP contribution in [0.15, 0.2) is 35.8 Å². The summed E-state index contributed by atoms with van der Waals surface area (Å²) in [4.78, 5) is 5.74. The van der Waals surface area contributed by atoms with Crippen LogP contribution in [0, 0.1) is 6.92 Å². The zero-order valence-corrected chi connectivity index (χ0v) is 10.4. The Bertz CT molecular complexity index is 420. The second kappa shape index (κ2) is 5.23. The Morgan fingerprint density at radius 1 is 1.38 bits per heavy atom. The molecule has 2 aromatic rings. The molecule has 2 heterocycles. The van der Waals surface area contributed by atoms with Gasteiger partial charge in [0.25, 0.3) is 0 Å². The van der Waals surface area contributed by atoms with Crippen molar-refractivity contribution in [3.63, 3.8) is 0 Å². The van der Waals surface area contributed by atoms with Crippen LogP contribution in [-0.4, -0.2) is 4.98 Å². The fourth-order valence-electron chi connectivity index (χ4n) is 1.50. The number of hydrogen-bond donors (Lipinski definition) is 1. The van der Waals surface area contributed by atoms with Gasteiger partial charge in [0.05, 0.1) is 5.69 Å². The molecule has 0 spiro atoms. The lowest BCUT2D eigenvalue weighted by Crippen LogP contribution is -2.17. The molecule has 1 atom stereocenters. The quantitative estimate of drug-likeness (QED) is 0.875. The number of nitrogens with zero attached hydrogens (tertiary/aromatic N) is 1. The fraction of sp³-hybridized carbons (Fsp3) is 0.308. The number of pyridine rings is 1. The summed E-state index contributed by atoms with van der Waals surface area (Å²) in [5, 5.41) is 5.58. The Balaban J connectivity index is 1.90. The first-order valence-electron chi connectivity index (χ1n) is 5.44. The second-order valence-electron chi connectivity index (χ2n) is 3.94. The standard InChI is InChI=1S/C13H16N2S/c1-10-5-6-12(15-8-10)9-14-11(2)13-4-3-7-16-13/h3-8,11,14H,9H2,1-2H3. The van der Waals surface area contributed by atoms with Crippen molar-refractivity contribution in [2.24, 2.45) is 0 Å². The summed E-state index contributed by atoms with van der Waals surface area (Å²) < 4.78 is 0. The van der Waals surface area contributed by atoms with E-state index in [0.717, 1.165) is 12.2 Å². The average Bonchev–Trinajstić information content (AvgIpc) is 2.81. The van der Waals surface area contributed by atoms with Crippen LogP contribution in [0.4, 0.5) is 0 Å². The summed E-state index contributed by atoms with van der Waals surface area (Å²) in [6, 6.07) is 8.80. The van der Waals surface area contributed by atoms with Crippen LogP contribution in [-0.2, 0) is 6.54 Å². The number of thiophene rings is 1. The van der Waals surface area contributed by atoms with E-state index in [0.29, 0.717) is 6.04 Å². The fourth-order valence-corrected chi connectivity index (χ4v) is 2.26. The van der Waals surface area contributed by atoms with E-state index in [2.05, 4.69) is 53.8 Å². The molecule has 2 rings (SSSR count). The lowest BCUT2D eigenvalue weighted by Gasteiger charge is -2.11. The average molecular weight is 232 g/mol. The van der Waals surface area contributed by atoms with E-state index in [9.17, 15) is 0 Å². The molecule has 0 saturated carbocycles. The van der Waals surface area contributed by atoms with Crippen LogP contribution in [0.5, 0.6) is 0 Å². The lowest BCUT2D eigenvalue weighted by atomic mass is 10.2. The Morgan fingerprint density at radius 2 is 2.25 bits per heavy atom. The van der Waals surface area contributed by atoms with Crippen molar-refractivity contribution in [1.29, 1.82) is 0 Å². The van der Waals surface area contributed by atoms with E-state index in [1.807, 2.05) is 6.20 Å². The lowest BCUT2D eigenvalue weighted by molar-refractivity contribution is 0.575. The summed E-state index contributed by atoms with van der Waals surface area (Å²) in [6.45, 7) is 5.05. The van der Waals surface area contributed by atoms with Crippen molar-refractivity contribution in [3.05, 3.63) is 52.0 Å². The monoisotopic (exact) mass is 232 g/mol. The van der Waals surface area contributed by atoms with E-state index < -0.39 is 0 Å². The molecule has 84 valence electrons. The highest BCUT2D eigenvalue weighted by molar-refractivity contribution is 7.10. The molecule has 1 unspecified atom stereocenters. The molecule has 16 heavy (non-hydrogen) atoms. The van der Waals surface area contributed by atoms with Gasteiger partial charge < -0.3 is 5.32 Å². The Kier molecular flexibility index (Phi) is 3.70. The number of aryl methyl sites for hydroxylation is 1. The summed E-state index contributed by atoms with van der Waals surface area (Å²) >= 11 is 1.79. The zero-order chi connectivity index (χ0) is 11.4. The van der Waals surface area contributed by atoms with Crippen LogP contribution in [0.3, 0.4) is 0 Å². The topological polar surface area (TPSA) is 24.9 Å². The zero-order valence-electron chi connectivity index (χ0n) is 9.60. The van der Waals surface area contributed by atoms with Crippen molar-refractivity contribution < 1.29 is 0 Å². The Hall–Kier alpha value is -1.19. The van der Waals surface area contributed by atoms with Gasteiger partial charge in [0, 0.05) is 23.7 Å². The largest absolute Gasteiger partial charge is 0.304 e. The first-order chi connectivity index (χ1) is 7.75.